The molecule has 1 aliphatic carbocycles. The Morgan fingerprint density at radius 2 is 1.90 bits per heavy atom. The lowest BCUT2D eigenvalue weighted by atomic mass is 9.89. The molecule has 1 aliphatic rings. The fourth-order valence-electron chi connectivity index (χ4n) is 3.51. The number of halogens is 3. The lowest BCUT2D eigenvalue weighted by Gasteiger charge is -2.29. The van der Waals surface area contributed by atoms with Crippen LogP contribution in [0.2, 0.25) is 0 Å². The first kappa shape index (κ1) is 21.7. The molecule has 2 N–H and O–H groups in total. The van der Waals surface area contributed by atoms with Crippen LogP contribution >= 0.6 is 0 Å². The number of nitrogens with zero attached hydrogens (tertiary/aromatic N) is 2. The zero-order valence-corrected chi connectivity index (χ0v) is 16.2. The van der Waals surface area contributed by atoms with Gasteiger partial charge in [0.15, 0.2) is 5.82 Å². The molecule has 0 bridgehead atoms. The summed E-state index contributed by atoms with van der Waals surface area (Å²) in [6.45, 7) is 0.0885. The van der Waals surface area contributed by atoms with Crippen LogP contribution in [0.3, 0.4) is 0 Å². The Labute approximate surface area is 171 Å². The SMILES string of the molecule is O=C(CN(CC1CCCCC1)C(=O)Nc1cccc(C(F)(F)F)c1)Nc1ccon1. The van der Waals surface area contributed by atoms with Crippen LogP contribution in [0.5, 0.6) is 0 Å². The summed E-state index contributed by atoms with van der Waals surface area (Å²) in [5, 5.41) is 8.60. The van der Waals surface area contributed by atoms with Gasteiger partial charge in [-0.25, -0.2) is 4.79 Å². The molecule has 162 valence electrons. The average Bonchev–Trinajstić information content (AvgIpc) is 3.20. The second kappa shape index (κ2) is 9.64. The van der Waals surface area contributed by atoms with E-state index in [0.29, 0.717) is 6.54 Å². The number of rotatable bonds is 6. The maximum Gasteiger partial charge on any atom is 0.416 e. The first-order chi connectivity index (χ1) is 14.3. The van der Waals surface area contributed by atoms with Gasteiger partial charge in [0.05, 0.1) is 5.56 Å². The number of urea groups is 1. The number of amides is 3. The molecule has 30 heavy (non-hydrogen) atoms. The van der Waals surface area contributed by atoms with Gasteiger partial charge in [0.1, 0.15) is 12.8 Å². The lowest BCUT2D eigenvalue weighted by Crippen LogP contribution is -2.43. The minimum atomic E-state index is -4.51. The number of hydrogen-bond acceptors (Lipinski definition) is 4. The number of carbonyl (C=O) groups excluding carboxylic acids is 2. The first-order valence-electron chi connectivity index (χ1n) is 9.74. The number of aromatic nitrogens is 1. The maximum atomic E-state index is 12.9. The van der Waals surface area contributed by atoms with E-state index in [9.17, 15) is 22.8 Å². The van der Waals surface area contributed by atoms with E-state index in [1.807, 2.05) is 0 Å². The molecule has 10 heteroatoms. The second-order valence-corrected chi connectivity index (χ2v) is 7.33. The van der Waals surface area contributed by atoms with Gasteiger partial charge in [-0.2, -0.15) is 13.2 Å². The average molecular weight is 424 g/mol. The normalized spacial score (nSPS) is 14.9. The van der Waals surface area contributed by atoms with Crippen molar-refractivity contribution in [3.05, 3.63) is 42.2 Å². The molecule has 7 nitrogen and oxygen atoms in total. The van der Waals surface area contributed by atoms with E-state index in [4.69, 9.17) is 0 Å². The number of hydrogen-bond donors (Lipinski definition) is 2. The van der Waals surface area contributed by atoms with Crippen molar-refractivity contribution < 1.29 is 27.3 Å². The van der Waals surface area contributed by atoms with Gasteiger partial charge in [-0.3, -0.25) is 4.79 Å². The van der Waals surface area contributed by atoms with Crippen LogP contribution in [-0.2, 0) is 11.0 Å². The van der Waals surface area contributed by atoms with Crippen LogP contribution in [0.25, 0.3) is 0 Å². The number of anilines is 2. The van der Waals surface area contributed by atoms with Crippen molar-refractivity contribution in [2.45, 2.75) is 38.3 Å². The minimum absolute atomic E-state index is 0.0142. The molecule has 1 fully saturated rings. The second-order valence-electron chi connectivity index (χ2n) is 7.33. The molecule has 1 saturated carbocycles. The van der Waals surface area contributed by atoms with Crippen molar-refractivity contribution in [2.75, 3.05) is 23.7 Å². The summed E-state index contributed by atoms with van der Waals surface area (Å²) < 4.78 is 43.5. The van der Waals surface area contributed by atoms with Crippen molar-refractivity contribution >= 4 is 23.4 Å². The molecule has 0 unspecified atom stereocenters. The Hall–Kier alpha value is -3.04. The van der Waals surface area contributed by atoms with Crippen LogP contribution in [0.4, 0.5) is 29.5 Å². The largest absolute Gasteiger partial charge is 0.416 e. The molecule has 2 aromatic rings. The molecule has 1 aromatic heterocycles. The zero-order valence-electron chi connectivity index (χ0n) is 16.2. The Bertz CT molecular complexity index is 849. The molecule has 3 rings (SSSR count). The van der Waals surface area contributed by atoms with Gasteiger partial charge in [0.25, 0.3) is 0 Å². The van der Waals surface area contributed by atoms with E-state index in [-0.39, 0.29) is 24.0 Å². The van der Waals surface area contributed by atoms with E-state index < -0.39 is 23.7 Å². The van der Waals surface area contributed by atoms with Gasteiger partial charge in [-0.15, -0.1) is 0 Å². The van der Waals surface area contributed by atoms with Gasteiger partial charge >= 0.3 is 12.2 Å². The third kappa shape index (κ3) is 6.23. The molecule has 0 aliphatic heterocycles. The monoisotopic (exact) mass is 424 g/mol. The van der Waals surface area contributed by atoms with Crippen LogP contribution in [0.1, 0.15) is 37.7 Å². The summed E-state index contributed by atoms with van der Waals surface area (Å²) in [5.41, 5.74) is -0.844. The molecule has 0 spiro atoms. The van der Waals surface area contributed by atoms with Crippen LogP contribution < -0.4 is 10.6 Å². The van der Waals surface area contributed by atoms with Crippen LogP contribution in [0.15, 0.2) is 41.1 Å². The predicted octanol–water partition coefficient (Wildman–Crippen LogP) is 4.75. The third-order valence-corrected chi connectivity index (χ3v) is 4.97. The highest BCUT2D eigenvalue weighted by atomic mass is 19.4. The highest BCUT2D eigenvalue weighted by molar-refractivity contribution is 5.96. The summed E-state index contributed by atoms with van der Waals surface area (Å²) in [4.78, 5) is 26.5. The van der Waals surface area contributed by atoms with Crippen molar-refractivity contribution in [1.82, 2.24) is 10.1 Å². The molecular weight excluding hydrogens is 401 g/mol. The Morgan fingerprint density at radius 1 is 1.13 bits per heavy atom. The van der Waals surface area contributed by atoms with Crippen molar-refractivity contribution in [3.63, 3.8) is 0 Å². The number of nitrogens with one attached hydrogen (secondary N) is 2. The van der Waals surface area contributed by atoms with E-state index in [1.165, 1.54) is 29.4 Å². The third-order valence-electron chi connectivity index (χ3n) is 4.97. The predicted molar refractivity (Wildman–Crippen MR) is 104 cm³/mol. The highest BCUT2D eigenvalue weighted by Crippen LogP contribution is 2.31. The van der Waals surface area contributed by atoms with Gasteiger partial charge in [0, 0.05) is 18.3 Å². The summed E-state index contributed by atoms with van der Waals surface area (Å²) >= 11 is 0. The maximum absolute atomic E-state index is 12.9. The topological polar surface area (TPSA) is 87.5 Å². The molecule has 1 aromatic carbocycles. The van der Waals surface area contributed by atoms with Gasteiger partial charge in [-0.1, -0.05) is 30.5 Å². The van der Waals surface area contributed by atoms with Crippen LogP contribution in [0, 0.1) is 5.92 Å². The Morgan fingerprint density at radius 3 is 2.57 bits per heavy atom. The van der Waals surface area contributed by atoms with Crippen molar-refractivity contribution in [3.8, 4) is 0 Å². The number of alkyl halides is 3. The molecule has 0 radical (unpaired) electrons. The fourth-order valence-corrected chi connectivity index (χ4v) is 3.51. The number of carbonyl (C=O) groups is 2. The number of benzene rings is 1. The van der Waals surface area contributed by atoms with E-state index >= 15 is 0 Å². The smallest absolute Gasteiger partial charge is 0.363 e. The molecule has 0 saturated heterocycles. The van der Waals surface area contributed by atoms with Gasteiger partial charge in [-0.05, 0) is 37.0 Å². The van der Waals surface area contributed by atoms with Crippen molar-refractivity contribution in [2.24, 2.45) is 5.92 Å². The molecule has 1 heterocycles. The molecule has 3 amide bonds. The van der Waals surface area contributed by atoms with Crippen molar-refractivity contribution in [1.29, 1.82) is 0 Å². The molecule has 0 atom stereocenters. The van der Waals surface area contributed by atoms with Crippen LogP contribution in [-0.4, -0.2) is 35.1 Å². The standard InChI is InChI=1S/C20H23F3N4O3/c21-20(22,23)15-7-4-8-16(11-15)24-19(29)27(12-14-5-2-1-3-6-14)13-18(28)25-17-9-10-30-26-17/h4,7-11,14H,1-3,5-6,12-13H2,(H,24,29)(H,25,26,28). The summed E-state index contributed by atoms with van der Waals surface area (Å²) in [6, 6.07) is 5.23. The van der Waals surface area contributed by atoms with Gasteiger partial charge in [0.2, 0.25) is 5.91 Å². The summed E-state index contributed by atoms with van der Waals surface area (Å²) in [6.07, 6.45) is 1.92. The minimum Gasteiger partial charge on any atom is -0.363 e. The Kier molecular flexibility index (Phi) is 6.96. The zero-order chi connectivity index (χ0) is 21.6. The van der Waals surface area contributed by atoms with E-state index in [2.05, 4.69) is 20.3 Å². The van der Waals surface area contributed by atoms with E-state index in [0.717, 1.165) is 44.2 Å². The highest BCUT2D eigenvalue weighted by Gasteiger charge is 2.31. The Balaban J connectivity index is 1.69. The van der Waals surface area contributed by atoms with Gasteiger partial charge < -0.3 is 20.1 Å². The quantitative estimate of drug-likeness (QED) is 0.701. The summed E-state index contributed by atoms with van der Waals surface area (Å²) in [5.74, 6) is -0.0133. The lowest BCUT2D eigenvalue weighted by molar-refractivity contribution is -0.137. The fraction of sp³-hybridized carbons (Fsp3) is 0.450. The summed E-state index contributed by atoms with van der Waals surface area (Å²) in [7, 11) is 0. The van der Waals surface area contributed by atoms with E-state index in [1.54, 1.807) is 0 Å². The first-order valence-corrected chi connectivity index (χ1v) is 9.74. The molecular formula is C20H23F3N4O3.